The highest BCUT2D eigenvalue weighted by Crippen LogP contribution is 2.30. The Morgan fingerprint density at radius 1 is 1.11 bits per heavy atom. The predicted molar refractivity (Wildman–Crippen MR) is 44.7 cm³/mol. The maximum absolute atomic E-state index is 3.78. The predicted octanol–water partition coefficient (Wildman–Crippen LogP) is 2.34. The Morgan fingerprint density at radius 2 is 1.56 bits per heavy atom. The summed E-state index contributed by atoms with van der Waals surface area (Å²) in [6.45, 7) is 7.56. The molecule has 2 atom stereocenters. The molecule has 1 aliphatic rings. The highest BCUT2D eigenvalue weighted by Gasteiger charge is 2.21. The van der Waals surface area contributed by atoms with E-state index in [0.29, 0.717) is 11.8 Å². The standard InChI is InChI=1S/C8H12S/c1-3-7-5-9-6-8(7)4-2/h3-4,7-8H,1-2,5-6H2. The zero-order chi connectivity index (χ0) is 6.69. The third kappa shape index (κ3) is 1.39. The highest BCUT2D eigenvalue weighted by atomic mass is 32.2. The molecule has 0 amide bonds. The van der Waals surface area contributed by atoms with Gasteiger partial charge in [0.15, 0.2) is 0 Å². The molecule has 2 unspecified atom stereocenters. The van der Waals surface area contributed by atoms with Gasteiger partial charge in [0.05, 0.1) is 0 Å². The lowest BCUT2D eigenvalue weighted by atomic mass is 9.97. The first-order valence-corrected chi connectivity index (χ1v) is 4.37. The van der Waals surface area contributed by atoms with Gasteiger partial charge >= 0.3 is 0 Å². The smallest absolute Gasteiger partial charge is 0.000162 e. The van der Waals surface area contributed by atoms with Crippen LogP contribution in [0, 0.1) is 11.8 Å². The van der Waals surface area contributed by atoms with Crippen molar-refractivity contribution in [3.05, 3.63) is 25.3 Å². The highest BCUT2D eigenvalue weighted by molar-refractivity contribution is 7.99. The van der Waals surface area contributed by atoms with Crippen molar-refractivity contribution in [1.82, 2.24) is 0 Å². The molecule has 0 N–H and O–H groups in total. The van der Waals surface area contributed by atoms with E-state index in [1.165, 1.54) is 11.5 Å². The third-order valence-corrected chi connectivity index (χ3v) is 3.02. The summed E-state index contributed by atoms with van der Waals surface area (Å²) >= 11 is 2.00. The monoisotopic (exact) mass is 140 g/mol. The summed E-state index contributed by atoms with van der Waals surface area (Å²) in [6, 6.07) is 0. The Kier molecular flexibility index (Phi) is 2.40. The van der Waals surface area contributed by atoms with Gasteiger partial charge in [-0.3, -0.25) is 0 Å². The maximum atomic E-state index is 3.78. The summed E-state index contributed by atoms with van der Waals surface area (Å²) in [6.07, 6.45) is 4.10. The van der Waals surface area contributed by atoms with Gasteiger partial charge in [0, 0.05) is 11.5 Å². The van der Waals surface area contributed by atoms with Gasteiger partial charge in [0.2, 0.25) is 0 Å². The van der Waals surface area contributed by atoms with Crippen molar-refractivity contribution in [2.24, 2.45) is 11.8 Å². The largest absolute Gasteiger partial charge is 0.161 e. The Balaban J connectivity index is 2.50. The second-order valence-corrected chi connectivity index (χ2v) is 3.41. The lowest BCUT2D eigenvalue weighted by molar-refractivity contribution is 0.604. The molecule has 1 heteroatoms. The van der Waals surface area contributed by atoms with E-state index < -0.39 is 0 Å². The van der Waals surface area contributed by atoms with Crippen LogP contribution in [0.1, 0.15) is 0 Å². The minimum absolute atomic E-state index is 0.687. The topological polar surface area (TPSA) is 0 Å². The van der Waals surface area contributed by atoms with Crippen LogP contribution in [0.3, 0.4) is 0 Å². The van der Waals surface area contributed by atoms with E-state index in [1.807, 2.05) is 23.9 Å². The van der Waals surface area contributed by atoms with E-state index in [0.717, 1.165) is 0 Å². The van der Waals surface area contributed by atoms with Crippen LogP contribution in [0.2, 0.25) is 0 Å². The van der Waals surface area contributed by atoms with E-state index in [2.05, 4.69) is 13.2 Å². The molecule has 50 valence electrons. The van der Waals surface area contributed by atoms with Crippen LogP contribution in [-0.2, 0) is 0 Å². The van der Waals surface area contributed by atoms with E-state index in [-0.39, 0.29) is 0 Å². The molecule has 0 nitrogen and oxygen atoms in total. The molecular weight excluding hydrogens is 128 g/mol. The van der Waals surface area contributed by atoms with Crippen molar-refractivity contribution in [3.63, 3.8) is 0 Å². The average molecular weight is 140 g/mol. The molecule has 0 aromatic carbocycles. The number of hydrogen-bond donors (Lipinski definition) is 0. The lowest BCUT2D eigenvalue weighted by Crippen LogP contribution is -2.05. The average Bonchev–Trinajstić information content (AvgIpc) is 2.33. The molecule has 1 fully saturated rings. The van der Waals surface area contributed by atoms with Crippen LogP contribution in [0.5, 0.6) is 0 Å². The fourth-order valence-corrected chi connectivity index (χ4v) is 2.52. The van der Waals surface area contributed by atoms with E-state index >= 15 is 0 Å². The molecule has 1 saturated heterocycles. The quantitative estimate of drug-likeness (QED) is 0.530. The lowest BCUT2D eigenvalue weighted by Gasteiger charge is -2.07. The summed E-state index contributed by atoms with van der Waals surface area (Å²) in [7, 11) is 0. The molecule has 9 heavy (non-hydrogen) atoms. The van der Waals surface area contributed by atoms with Crippen LogP contribution < -0.4 is 0 Å². The van der Waals surface area contributed by atoms with Gasteiger partial charge in [-0.05, 0) is 11.8 Å². The Labute approximate surface area is 61.0 Å². The first-order chi connectivity index (χ1) is 4.38. The van der Waals surface area contributed by atoms with Gasteiger partial charge in [-0.25, -0.2) is 0 Å². The fourth-order valence-electron chi connectivity index (χ4n) is 1.07. The van der Waals surface area contributed by atoms with Gasteiger partial charge < -0.3 is 0 Å². The van der Waals surface area contributed by atoms with Gasteiger partial charge in [-0.1, -0.05) is 12.2 Å². The number of allylic oxidation sites excluding steroid dienone is 2. The van der Waals surface area contributed by atoms with Crippen LogP contribution in [-0.4, -0.2) is 11.5 Å². The fraction of sp³-hybridized carbons (Fsp3) is 0.500. The van der Waals surface area contributed by atoms with Crippen molar-refractivity contribution in [2.45, 2.75) is 0 Å². The normalized spacial score (nSPS) is 34.2. The zero-order valence-corrected chi connectivity index (χ0v) is 6.36. The molecule has 0 spiro atoms. The van der Waals surface area contributed by atoms with Gasteiger partial charge in [0.25, 0.3) is 0 Å². The minimum Gasteiger partial charge on any atom is -0.161 e. The molecular formula is C8H12S. The van der Waals surface area contributed by atoms with Crippen molar-refractivity contribution in [3.8, 4) is 0 Å². The summed E-state index contributed by atoms with van der Waals surface area (Å²) in [4.78, 5) is 0. The van der Waals surface area contributed by atoms with Crippen LogP contribution >= 0.6 is 11.8 Å². The molecule has 0 saturated carbocycles. The Morgan fingerprint density at radius 3 is 1.89 bits per heavy atom. The number of rotatable bonds is 2. The van der Waals surface area contributed by atoms with Crippen molar-refractivity contribution in [1.29, 1.82) is 0 Å². The van der Waals surface area contributed by atoms with Crippen molar-refractivity contribution in [2.75, 3.05) is 11.5 Å². The maximum Gasteiger partial charge on any atom is 0.000162 e. The Hall–Kier alpha value is -0.170. The minimum atomic E-state index is 0.687. The second-order valence-electron chi connectivity index (χ2n) is 2.34. The zero-order valence-electron chi connectivity index (χ0n) is 5.55. The summed E-state index contributed by atoms with van der Waals surface area (Å²) < 4.78 is 0. The molecule has 1 aliphatic heterocycles. The molecule has 0 aromatic heterocycles. The molecule has 0 aliphatic carbocycles. The first-order valence-electron chi connectivity index (χ1n) is 3.21. The van der Waals surface area contributed by atoms with Crippen LogP contribution in [0.4, 0.5) is 0 Å². The molecule has 0 bridgehead atoms. The van der Waals surface area contributed by atoms with Crippen LogP contribution in [0.15, 0.2) is 25.3 Å². The molecule has 1 rings (SSSR count). The SMILES string of the molecule is C=CC1CSCC1C=C. The third-order valence-electron chi connectivity index (χ3n) is 1.78. The number of hydrogen-bond acceptors (Lipinski definition) is 1. The molecule has 0 radical (unpaired) electrons. The summed E-state index contributed by atoms with van der Waals surface area (Å²) in [5.41, 5.74) is 0. The molecule has 0 aromatic rings. The summed E-state index contributed by atoms with van der Waals surface area (Å²) in [5.74, 6) is 3.85. The van der Waals surface area contributed by atoms with E-state index in [1.54, 1.807) is 0 Å². The number of thioether (sulfide) groups is 1. The van der Waals surface area contributed by atoms with Gasteiger partial charge in [-0.2, -0.15) is 11.8 Å². The van der Waals surface area contributed by atoms with Crippen LogP contribution in [0.25, 0.3) is 0 Å². The Bertz CT molecular complexity index is 104. The van der Waals surface area contributed by atoms with E-state index in [9.17, 15) is 0 Å². The molecule has 1 heterocycles. The van der Waals surface area contributed by atoms with Gasteiger partial charge in [0.1, 0.15) is 0 Å². The second kappa shape index (κ2) is 3.11. The van der Waals surface area contributed by atoms with Crippen molar-refractivity contribution >= 4 is 11.8 Å². The first kappa shape index (κ1) is 6.94. The van der Waals surface area contributed by atoms with Gasteiger partial charge in [-0.15, -0.1) is 13.2 Å². The van der Waals surface area contributed by atoms with E-state index in [4.69, 9.17) is 0 Å². The summed E-state index contributed by atoms with van der Waals surface area (Å²) in [5, 5.41) is 0. The van der Waals surface area contributed by atoms with Crippen molar-refractivity contribution < 1.29 is 0 Å².